The predicted octanol–water partition coefficient (Wildman–Crippen LogP) is 4.38. The Kier molecular flexibility index (Phi) is 6.72. The molecule has 0 radical (unpaired) electrons. The van der Waals surface area contributed by atoms with Crippen molar-refractivity contribution in [3.8, 4) is 5.75 Å². The molecular weight excluding hydrogens is 456 g/mol. The molecule has 2 aliphatic carbocycles. The van der Waals surface area contributed by atoms with Gasteiger partial charge in [-0.2, -0.15) is 0 Å². The number of nitrogens with zero attached hydrogens (tertiary/aromatic N) is 1. The molecular formula is C26H33ClN2O3S. The minimum absolute atomic E-state index is 0.202. The number of sulfonamides is 1. The Balaban J connectivity index is 1.31. The second-order valence-electron chi connectivity index (χ2n) is 10.0. The first-order valence-electron chi connectivity index (χ1n) is 12.1. The molecule has 2 fully saturated rings. The third-order valence-electron chi connectivity index (χ3n) is 7.59. The third-order valence-corrected chi connectivity index (χ3v) is 9.29. The average molecular weight is 489 g/mol. The lowest BCUT2D eigenvalue weighted by molar-refractivity contribution is 0.145. The summed E-state index contributed by atoms with van der Waals surface area (Å²) < 4.78 is 29.9. The van der Waals surface area contributed by atoms with Crippen LogP contribution in [0.3, 0.4) is 0 Å². The summed E-state index contributed by atoms with van der Waals surface area (Å²) in [5.74, 6) is 2.02. The van der Waals surface area contributed by atoms with E-state index in [1.54, 1.807) is 0 Å². The molecule has 1 saturated heterocycles. The van der Waals surface area contributed by atoms with Gasteiger partial charge in [-0.15, -0.1) is 0 Å². The highest BCUT2D eigenvalue weighted by atomic mass is 35.5. The zero-order chi connectivity index (χ0) is 23.0. The SMILES string of the molecule is NS(=O)(=O)C(CCOc1ccc2c(c1)C(Cc1cccc(Cl)c1)C(CN1CCC1)C2)C1CC1. The Labute approximate surface area is 202 Å². The fraction of sp³-hybridized carbons (Fsp3) is 0.538. The zero-order valence-corrected chi connectivity index (χ0v) is 20.5. The number of ether oxygens (including phenoxy) is 1. The van der Waals surface area contributed by atoms with Crippen molar-refractivity contribution >= 4 is 21.6 Å². The van der Waals surface area contributed by atoms with Gasteiger partial charge in [0, 0.05) is 11.6 Å². The standard InChI is InChI=1S/C26H33ClN2O3S/c27-22-4-1-3-18(13-22)14-24-21(17-29-10-2-11-29)15-20-7-8-23(16-25(20)24)32-12-9-26(19-5-6-19)33(28,30)31/h1,3-4,7-8,13,16,19,21,24,26H,2,5-6,9-12,14-15,17H2,(H2,28,30,31). The van der Waals surface area contributed by atoms with Gasteiger partial charge in [-0.05, 0) is 110 Å². The van der Waals surface area contributed by atoms with E-state index in [9.17, 15) is 8.42 Å². The number of fused-ring (bicyclic) bond motifs is 1. The summed E-state index contributed by atoms with van der Waals surface area (Å²) in [5.41, 5.74) is 4.03. The smallest absolute Gasteiger partial charge is 0.212 e. The number of primary sulfonamides is 1. The summed E-state index contributed by atoms with van der Waals surface area (Å²) in [6, 6.07) is 14.6. The largest absolute Gasteiger partial charge is 0.494 e. The van der Waals surface area contributed by atoms with E-state index in [1.165, 1.54) is 36.2 Å². The summed E-state index contributed by atoms with van der Waals surface area (Å²) in [5, 5.41) is 5.75. The number of likely N-dealkylation sites (tertiary alicyclic amines) is 1. The van der Waals surface area contributed by atoms with Gasteiger partial charge in [0.25, 0.3) is 0 Å². The van der Waals surface area contributed by atoms with Crippen LogP contribution >= 0.6 is 11.6 Å². The van der Waals surface area contributed by atoms with Crippen molar-refractivity contribution in [1.29, 1.82) is 0 Å². The molecule has 7 heteroatoms. The highest BCUT2D eigenvalue weighted by molar-refractivity contribution is 7.89. The minimum Gasteiger partial charge on any atom is -0.494 e. The summed E-state index contributed by atoms with van der Waals surface area (Å²) in [6.45, 7) is 3.91. The Bertz CT molecular complexity index is 1100. The number of hydrogen-bond donors (Lipinski definition) is 1. The topological polar surface area (TPSA) is 72.6 Å². The van der Waals surface area contributed by atoms with Crippen LogP contribution in [0, 0.1) is 11.8 Å². The molecule has 0 aromatic heterocycles. The number of hydrogen-bond acceptors (Lipinski definition) is 4. The maximum atomic E-state index is 11.9. The lowest BCUT2D eigenvalue weighted by atomic mass is 9.86. The van der Waals surface area contributed by atoms with Gasteiger partial charge in [-0.25, -0.2) is 13.6 Å². The Hall–Kier alpha value is -1.60. The molecule has 5 rings (SSSR count). The van der Waals surface area contributed by atoms with Crippen LogP contribution in [0.4, 0.5) is 0 Å². The maximum absolute atomic E-state index is 11.9. The summed E-state index contributed by atoms with van der Waals surface area (Å²) in [6.07, 6.45) is 5.70. The van der Waals surface area contributed by atoms with Gasteiger partial charge in [0.1, 0.15) is 5.75 Å². The van der Waals surface area contributed by atoms with Crippen LogP contribution in [-0.2, 0) is 22.9 Å². The van der Waals surface area contributed by atoms with E-state index in [2.05, 4.69) is 29.2 Å². The van der Waals surface area contributed by atoms with Crippen LogP contribution in [0.25, 0.3) is 0 Å². The van der Waals surface area contributed by atoms with E-state index in [0.29, 0.717) is 24.9 Å². The van der Waals surface area contributed by atoms with Crippen molar-refractivity contribution in [3.63, 3.8) is 0 Å². The molecule has 0 spiro atoms. The first kappa shape index (κ1) is 23.2. The van der Waals surface area contributed by atoms with Crippen molar-refractivity contribution < 1.29 is 13.2 Å². The molecule has 1 aliphatic heterocycles. The van der Waals surface area contributed by atoms with Gasteiger partial charge in [-0.3, -0.25) is 0 Å². The van der Waals surface area contributed by atoms with E-state index < -0.39 is 15.3 Å². The molecule has 1 saturated carbocycles. The fourth-order valence-corrected chi connectivity index (χ4v) is 7.03. The monoisotopic (exact) mass is 488 g/mol. The van der Waals surface area contributed by atoms with E-state index >= 15 is 0 Å². The Morgan fingerprint density at radius 3 is 2.64 bits per heavy atom. The van der Waals surface area contributed by atoms with Gasteiger partial charge in [0.15, 0.2) is 0 Å². The van der Waals surface area contributed by atoms with Crippen LogP contribution < -0.4 is 9.88 Å². The van der Waals surface area contributed by atoms with Crippen molar-refractivity contribution in [3.05, 3.63) is 64.2 Å². The maximum Gasteiger partial charge on any atom is 0.212 e. The van der Waals surface area contributed by atoms with Crippen LogP contribution in [0.15, 0.2) is 42.5 Å². The predicted molar refractivity (Wildman–Crippen MR) is 132 cm³/mol. The molecule has 3 aliphatic rings. The zero-order valence-electron chi connectivity index (χ0n) is 19.0. The van der Waals surface area contributed by atoms with E-state index in [-0.39, 0.29) is 5.92 Å². The number of benzene rings is 2. The highest BCUT2D eigenvalue weighted by Crippen LogP contribution is 2.43. The van der Waals surface area contributed by atoms with E-state index in [1.807, 2.05) is 18.2 Å². The summed E-state index contributed by atoms with van der Waals surface area (Å²) in [4.78, 5) is 2.56. The van der Waals surface area contributed by atoms with Gasteiger partial charge < -0.3 is 9.64 Å². The lowest BCUT2D eigenvalue weighted by Gasteiger charge is -2.35. The summed E-state index contributed by atoms with van der Waals surface area (Å²) in [7, 11) is -3.52. The second kappa shape index (κ2) is 9.57. The summed E-state index contributed by atoms with van der Waals surface area (Å²) >= 11 is 6.27. The molecule has 0 amide bonds. The van der Waals surface area contributed by atoms with Gasteiger partial charge >= 0.3 is 0 Å². The molecule has 0 bridgehead atoms. The van der Waals surface area contributed by atoms with Gasteiger partial charge in [0.2, 0.25) is 10.0 Å². The number of halogens is 1. The van der Waals surface area contributed by atoms with Crippen LogP contribution in [0.2, 0.25) is 5.02 Å². The first-order valence-corrected chi connectivity index (χ1v) is 14.1. The van der Waals surface area contributed by atoms with Crippen molar-refractivity contribution in [2.75, 3.05) is 26.2 Å². The van der Waals surface area contributed by atoms with E-state index in [4.69, 9.17) is 21.5 Å². The van der Waals surface area contributed by atoms with Crippen LogP contribution in [-0.4, -0.2) is 44.8 Å². The molecule has 2 N–H and O–H groups in total. The molecule has 3 atom stereocenters. The second-order valence-corrected chi connectivity index (χ2v) is 12.2. The molecule has 3 unspecified atom stereocenters. The third kappa shape index (κ3) is 5.56. The minimum atomic E-state index is -3.52. The van der Waals surface area contributed by atoms with E-state index in [0.717, 1.165) is 43.0 Å². The van der Waals surface area contributed by atoms with Gasteiger partial charge in [-0.1, -0.05) is 29.8 Å². The number of rotatable bonds is 10. The molecule has 178 valence electrons. The van der Waals surface area contributed by atoms with Crippen LogP contribution in [0.1, 0.15) is 48.3 Å². The first-order chi connectivity index (χ1) is 15.9. The van der Waals surface area contributed by atoms with Crippen molar-refractivity contribution in [2.45, 2.75) is 49.7 Å². The van der Waals surface area contributed by atoms with Gasteiger partial charge in [0.05, 0.1) is 11.9 Å². The molecule has 2 aromatic rings. The molecule has 5 nitrogen and oxygen atoms in total. The van der Waals surface area contributed by atoms with Crippen LogP contribution in [0.5, 0.6) is 5.75 Å². The Morgan fingerprint density at radius 1 is 1.15 bits per heavy atom. The molecule has 2 aromatic carbocycles. The number of nitrogens with two attached hydrogens (primary N) is 1. The molecule has 33 heavy (non-hydrogen) atoms. The fourth-order valence-electron chi connectivity index (χ4n) is 5.58. The van der Waals surface area contributed by atoms with Crippen molar-refractivity contribution in [2.24, 2.45) is 17.0 Å². The highest BCUT2D eigenvalue weighted by Gasteiger charge is 2.38. The lowest BCUT2D eigenvalue weighted by Crippen LogP contribution is -2.41. The average Bonchev–Trinajstić information content (AvgIpc) is 3.50. The van der Waals surface area contributed by atoms with Crippen molar-refractivity contribution in [1.82, 2.24) is 4.90 Å². The Morgan fingerprint density at radius 2 is 1.97 bits per heavy atom. The normalized spacial score (nSPS) is 23.7. The molecule has 1 heterocycles. The quantitative estimate of drug-likeness (QED) is 0.538.